The minimum Gasteiger partial charge on any atom is -0.461 e. The smallest absolute Gasteiger partial charge is 0.195 e. The van der Waals surface area contributed by atoms with Gasteiger partial charge in [0.05, 0.1) is 12.9 Å². The average molecular weight is 342 g/mol. The maximum Gasteiger partial charge on any atom is 0.195 e. The molecule has 5 heterocycles. The first-order chi connectivity index (χ1) is 12.3. The van der Waals surface area contributed by atoms with E-state index in [1.54, 1.807) is 13.4 Å². The molecular formula is C19H26N4O2. The zero-order valence-corrected chi connectivity index (χ0v) is 14.8. The zero-order chi connectivity index (χ0) is 17.1. The molecule has 2 aromatic heterocycles. The van der Waals surface area contributed by atoms with Crippen LogP contribution in [0.2, 0.25) is 0 Å². The van der Waals surface area contributed by atoms with Gasteiger partial charge in [-0.1, -0.05) is 0 Å². The Balaban J connectivity index is 1.39. The van der Waals surface area contributed by atoms with Gasteiger partial charge in [0, 0.05) is 63.8 Å². The average Bonchev–Trinajstić information content (AvgIpc) is 3.04. The maximum atomic E-state index is 5.36. The lowest BCUT2D eigenvalue weighted by molar-refractivity contribution is 0.0867. The second-order valence-corrected chi connectivity index (χ2v) is 7.17. The predicted molar refractivity (Wildman–Crippen MR) is 95.0 cm³/mol. The number of piperidine rings is 1. The van der Waals surface area contributed by atoms with Crippen molar-refractivity contribution < 1.29 is 9.15 Å². The van der Waals surface area contributed by atoms with Gasteiger partial charge in [0.25, 0.3) is 0 Å². The summed E-state index contributed by atoms with van der Waals surface area (Å²) < 4.78 is 10.6. The van der Waals surface area contributed by atoms with Crippen LogP contribution in [-0.2, 0) is 11.3 Å². The fraction of sp³-hybridized carbons (Fsp3) is 0.579. The van der Waals surface area contributed by atoms with E-state index in [0.717, 1.165) is 32.2 Å². The first-order valence-electron chi connectivity index (χ1n) is 9.12. The largest absolute Gasteiger partial charge is 0.461 e. The second-order valence-electron chi connectivity index (χ2n) is 7.17. The number of furan rings is 1. The monoisotopic (exact) mass is 342 g/mol. The summed E-state index contributed by atoms with van der Waals surface area (Å²) in [5, 5.41) is 0. The van der Waals surface area contributed by atoms with Gasteiger partial charge in [-0.25, -0.2) is 9.97 Å². The minimum atomic E-state index is 0.649. The molecule has 3 aliphatic heterocycles. The summed E-state index contributed by atoms with van der Waals surface area (Å²) in [5.74, 6) is 2.13. The highest BCUT2D eigenvalue weighted by Crippen LogP contribution is 2.28. The lowest BCUT2D eigenvalue weighted by Crippen LogP contribution is -2.45. The minimum absolute atomic E-state index is 0.649. The molecule has 6 heteroatoms. The van der Waals surface area contributed by atoms with E-state index in [-0.39, 0.29) is 0 Å². The standard InChI is InChI=1S/C19H26N4O2/c1-24-8-6-23-13-15-4-5-17(23)14-22(11-15)12-16-9-20-19(21-10-16)18-3-2-7-25-18/h2-3,7,9-10,15,17H,4-6,8,11-14H2,1H3/t15-,17+/m0/s1. The molecule has 0 N–H and O–H groups in total. The van der Waals surface area contributed by atoms with Crippen molar-refractivity contribution in [2.45, 2.75) is 25.4 Å². The van der Waals surface area contributed by atoms with Gasteiger partial charge in [0.2, 0.25) is 0 Å². The Bertz CT molecular complexity index is 659. The fourth-order valence-corrected chi connectivity index (χ4v) is 4.12. The van der Waals surface area contributed by atoms with E-state index < -0.39 is 0 Å². The van der Waals surface area contributed by atoms with Crippen LogP contribution in [0.15, 0.2) is 35.2 Å². The Morgan fingerprint density at radius 2 is 2.08 bits per heavy atom. The van der Waals surface area contributed by atoms with Crippen molar-refractivity contribution >= 4 is 0 Å². The number of hydrogen-bond donors (Lipinski definition) is 0. The molecule has 2 bridgehead atoms. The van der Waals surface area contributed by atoms with Gasteiger partial charge < -0.3 is 9.15 Å². The summed E-state index contributed by atoms with van der Waals surface area (Å²) in [6.07, 6.45) is 8.16. The summed E-state index contributed by atoms with van der Waals surface area (Å²) in [6.45, 7) is 6.29. The first kappa shape index (κ1) is 16.7. The van der Waals surface area contributed by atoms with E-state index in [1.807, 2.05) is 24.5 Å². The number of rotatable bonds is 6. The molecule has 0 aromatic carbocycles. The highest BCUT2D eigenvalue weighted by Gasteiger charge is 2.34. The Morgan fingerprint density at radius 3 is 2.84 bits per heavy atom. The summed E-state index contributed by atoms with van der Waals surface area (Å²) in [7, 11) is 1.79. The highest BCUT2D eigenvalue weighted by atomic mass is 16.5. The Labute approximate surface area is 148 Å². The quantitative estimate of drug-likeness (QED) is 0.803. The van der Waals surface area contributed by atoms with E-state index >= 15 is 0 Å². The van der Waals surface area contributed by atoms with Crippen LogP contribution in [0.25, 0.3) is 11.6 Å². The fourth-order valence-electron chi connectivity index (χ4n) is 4.12. The third-order valence-electron chi connectivity index (χ3n) is 5.34. The van der Waals surface area contributed by atoms with E-state index in [4.69, 9.17) is 9.15 Å². The lowest BCUT2D eigenvalue weighted by atomic mass is 9.95. The Morgan fingerprint density at radius 1 is 1.20 bits per heavy atom. The number of ether oxygens (including phenoxy) is 1. The van der Waals surface area contributed by atoms with Crippen molar-refractivity contribution in [1.82, 2.24) is 19.8 Å². The molecule has 0 unspecified atom stereocenters. The van der Waals surface area contributed by atoms with Crippen molar-refractivity contribution in [3.05, 3.63) is 36.4 Å². The van der Waals surface area contributed by atoms with Crippen LogP contribution >= 0.6 is 0 Å². The van der Waals surface area contributed by atoms with Gasteiger partial charge in [-0.2, -0.15) is 0 Å². The number of nitrogens with zero attached hydrogens (tertiary/aromatic N) is 4. The van der Waals surface area contributed by atoms with E-state index in [9.17, 15) is 0 Å². The van der Waals surface area contributed by atoms with Gasteiger partial charge in [-0.15, -0.1) is 0 Å². The molecular weight excluding hydrogens is 316 g/mol. The summed E-state index contributed by atoms with van der Waals surface area (Å²) in [5.41, 5.74) is 1.17. The third kappa shape index (κ3) is 3.92. The normalized spacial score (nSPS) is 24.5. The lowest BCUT2D eigenvalue weighted by Gasteiger charge is -2.35. The number of aromatic nitrogens is 2. The summed E-state index contributed by atoms with van der Waals surface area (Å²) in [4.78, 5) is 14.1. The van der Waals surface area contributed by atoms with Gasteiger partial charge in [-0.05, 0) is 30.9 Å². The molecule has 6 nitrogen and oxygen atoms in total. The van der Waals surface area contributed by atoms with Crippen molar-refractivity contribution in [2.75, 3.05) is 39.9 Å². The van der Waals surface area contributed by atoms with Gasteiger partial charge in [-0.3, -0.25) is 9.80 Å². The van der Waals surface area contributed by atoms with E-state index in [1.165, 1.54) is 31.5 Å². The van der Waals surface area contributed by atoms with Crippen LogP contribution in [0.3, 0.4) is 0 Å². The van der Waals surface area contributed by atoms with Crippen LogP contribution in [0.5, 0.6) is 0 Å². The Hall–Kier alpha value is -1.76. The molecule has 134 valence electrons. The molecule has 2 aromatic rings. The van der Waals surface area contributed by atoms with Crippen LogP contribution in [0.1, 0.15) is 18.4 Å². The first-order valence-corrected chi connectivity index (χ1v) is 9.12. The van der Waals surface area contributed by atoms with Crippen molar-refractivity contribution in [2.24, 2.45) is 5.92 Å². The molecule has 0 radical (unpaired) electrons. The number of hydrogen-bond acceptors (Lipinski definition) is 6. The van der Waals surface area contributed by atoms with Gasteiger partial charge in [0.15, 0.2) is 11.6 Å². The summed E-state index contributed by atoms with van der Waals surface area (Å²) in [6, 6.07) is 4.39. The maximum absolute atomic E-state index is 5.36. The molecule has 0 spiro atoms. The van der Waals surface area contributed by atoms with E-state index in [0.29, 0.717) is 17.6 Å². The molecule has 5 rings (SSSR count). The molecule has 25 heavy (non-hydrogen) atoms. The van der Waals surface area contributed by atoms with Crippen molar-refractivity contribution in [3.8, 4) is 11.6 Å². The molecule has 0 amide bonds. The number of fused-ring (bicyclic) bond motifs is 4. The molecule has 0 saturated carbocycles. The molecule has 0 aliphatic carbocycles. The van der Waals surface area contributed by atoms with E-state index in [2.05, 4.69) is 19.8 Å². The summed E-state index contributed by atoms with van der Waals surface area (Å²) >= 11 is 0. The molecule has 2 atom stereocenters. The van der Waals surface area contributed by atoms with Crippen molar-refractivity contribution in [1.29, 1.82) is 0 Å². The van der Waals surface area contributed by atoms with Crippen LogP contribution < -0.4 is 0 Å². The number of methoxy groups -OCH3 is 1. The molecule has 3 saturated heterocycles. The van der Waals surface area contributed by atoms with Crippen LogP contribution in [0.4, 0.5) is 0 Å². The van der Waals surface area contributed by atoms with Gasteiger partial charge >= 0.3 is 0 Å². The third-order valence-corrected chi connectivity index (χ3v) is 5.34. The zero-order valence-electron chi connectivity index (χ0n) is 14.8. The SMILES string of the molecule is COCCN1C[C@H]2CC[C@@H]1CN(Cc1cnc(-c3ccco3)nc1)C2. The van der Waals surface area contributed by atoms with Crippen LogP contribution in [-0.4, -0.2) is 65.7 Å². The molecule has 3 aliphatic rings. The second kappa shape index (κ2) is 7.64. The van der Waals surface area contributed by atoms with Crippen LogP contribution in [0, 0.1) is 5.92 Å². The topological polar surface area (TPSA) is 54.6 Å². The molecule has 3 fully saturated rings. The van der Waals surface area contributed by atoms with Gasteiger partial charge in [0.1, 0.15) is 0 Å². The Kier molecular flexibility index (Phi) is 5.10. The highest BCUT2D eigenvalue weighted by molar-refractivity contribution is 5.45. The predicted octanol–water partition coefficient (Wildman–Crippen LogP) is 2.28. The van der Waals surface area contributed by atoms with Crippen molar-refractivity contribution in [3.63, 3.8) is 0 Å².